The van der Waals surface area contributed by atoms with Crippen LogP contribution in [0.2, 0.25) is 0 Å². The topological polar surface area (TPSA) is 56.2 Å². The summed E-state index contributed by atoms with van der Waals surface area (Å²) in [6.45, 7) is 7.73. The number of hydrogen-bond donors (Lipinski definition) is 0. The molecule has 0 fully saturated rings. The van der Waals surface area contributed by atoms with Gasteiger partial charge in [0.15, 0.2) is 23.2 Å². The summed E-state index contributed by atoms with van der Waals surface area (Å²) in [5.74, 6) is 1.66. The second kappa shape index (κ2) is 13.4. The highest BCUT2D eigenvalue weighted by Crippen LogP contribution is 2.39. The van der Waals surface area contributed by atoms with Gasteiger partial charge in [-0.1, -0.05) is 152 Å². The van der Waals surface area contributed by atoms with Crippen molar-refractivity contribution in [3.05, 3.63) is 193 Å². The fraction of sp³-hybridized carbons (Fsp3) is 0. The fourth-order valence-corrected chi connectivity index (χ4v) is 7.41. The Balaban J connectivity index is 1.10. The quantitative estimate of drug-likeness (QED) is 0.162. The lowest BCUT2D eigenvalue weighted by atomic mass is 9.96. The van der Waals surface area contributed by atoms with Gasteiger partial charge in [-0.3, -0.25) is 0 Å². The summed E-state index contributed by atoms with van der Waals surface area (Å²) in [4.78, 5) is 18.9. The molecule has 5 nitrogen and oxygen atoms in total. The maximum Gasteiger partial charge on any atom is 0.194 e. The molecule has 0 unspecified atom stereocenters. The maximum absolute atomic E-state index is 7.73. The molecule has 0 aliphatic heterocycles. The van der Waals surface area contributed by atoms with E-state index in [9.17, 15) is 0 Å². The molecule has 0 saturated carbocycles. The van der Waals surface area contributed by atoms with Crippen LogP contribution in [0.4, 0.5) is 5.69 Å². The van der Waals surface area contributed by atoms with E-state index < -0.39 is 0 Å². The first-order chi connectivity index (χ1) is 27.2. The molecule has 2 aromatic heterocycles. The van der Waals surface area contributed by atoms with Crippen LogP contribution in [0.1, 0.15) is 0 Å². The van der Waals surface area contributed by atoms with Crippen LogP contribution in [0.15, 0.2) is 186 Å². The molecule has 0 bridgehead atoms. The normalized spacial score (nSPS) is 11.3. The Labute approximate surface area is 317 Å². The van der Waals surface area contributed by atoms with Gasteiger partial charge in [-0.15, -0.1) is 0 Å². The highest BCUT2D eigenvalue weighted by Gasteiger charge is 2.18. The maximum atomic E-state index is 7.73. The minimum atomic E-state index is 0.541. The van der Waals surface area contributed by atoms with E-state index in [1.54, 1.807) is 0 Å². The molecule has 8 aromatic carbocycles. The van der Waals surface area contributed by atoms with Crippen LogP contribution >= 0.6 is 0 Å². The number of benzene rings is 8. The van der Waals surface area contributed by atoms with Crippen molar-refractivity contribution in [2.75, 3.05) is 0 Å². The molecule has 55 heavy (non-hydrogen) atoms. The van der Waals surface area contributed by atoms with Gasteiger partial charge in [-0.05, 0) is 74.5 Å². The van der Waals surface area contributed by atoms with E-state index in [0.717, 1.165) is 71.7 Å². The van der Waals surface area contributed by atoms with Crippen molar-refractivity contribution in [3.8, 4) is 67.5 Å². The largest absolute Gasteiger partial charge is 0.456 e. The Bertz CT molecular complexity index is 3100. The van der Waals surface area contributed by atoms with E-state index >= 15 is 0 Å². The summed E-state index contributed by atoms with van der Waals surface area (Å²) >= 11 is 0. The number of furan rings is 1. The minimum absolute atomic E-state index is 0.541. The standard InChI is InChI=1S/C50H30N4O/c1-51-44-19-8-7-17-41(44)37-15-9-16-38(30-37)48-52-49(39-26-23-33-13-5-6-14-36(33)29-39)54-50(53-48)40-27-28-43-46(31-40)55-45-20-10-18-42(47(43)45)35-24-21-34(22-25-35)32-11-3-2-4-12-32/h2-31H. The third-order valence-corrected chi connectivity index (χ3v) is 10.2. The second-order valence-corrected chi connectivity index (χ2v) is 13.5. The summed E-state index contributed by atoms with van der Waals surface area (Å²) in [6.07, 6.45) is 0. The Morgan fingerprint density at radius 2 is 0.945 bits per heavy atom. The number of rotatable bonds is 6. The van der Waals surface area contributed by atoms with E-state index in [2.05, 4.69) is 102 Å². The van der Waals surface area contributed by atoms with Crippen LogP contribution in [-0.4, -0.2) is 15.0 Å². The Kier molecular flexibility index (Phi) is 7.79. The van der Waals surface area contributed by atoms with Gasteiger partial charge in [-0.25, -0.2) is 19.8 Å². The zero-order chi connectivity index (χ0) is 36.7. The molecular weight excluding hydrogens is 673 g/mol. The summed E-state index contributed by atoms with van der Waals surface area (Å²) in [5, 5.41) is 4.35. The van der Waals surface area contributed by atoms with Crippen molar-refractivity contribution in [1.29, 1.82) is 0 Å². The molecular formula is C50H30N4O. The molecule has 0 N–H and O–H groups in total. The predicted octanol–water partition coefficient (Wildman–Crippen LogP) is 13.5. The van der Waals surface area contributed by atoms with Crippen molar-refractivity contribution in [3.63, 3.8) is 0 Å². The van der Waals surface area contributed by atoms with Crippen LogP contribution in [0.3, 0.4) is 0 Å². The highest BCUT2D eigenvalue weighted by atomic mass is 16.3. The molecule has 0 amide bonds. The second-order valence-electron chi connectivity index (χ2n) is 13.5. The lowest BCUT2D eigenvalue weighted by molar-refractivity contribution is 0.669. The van der Waals surface area contributed by atoms with Crippen molar-refractivity contribution < 1.29 is 4.42 Å². The highest BCUT2D eigenvalue weighted by molar-refractivity contribution is 6.13. The minimum Gasteiger partial charge on any atom is -0.456 e. The van der Waals surface area contributed by atoms with Gasteiger partial charge in [-0.2, -0.15) is 0 Å². The number of hydrogen-bond acceptors (Lipinski definition) is 4. The zero-order valence-corrected chi connectivity index (χ0v) is 29.5. The molecule has 10 aromatic rings. The third-order valence-electron chi connectivity index (χ3n) is 10.2. The molecule has 0 saturated heterocycles. The van der Waals surface area contributed by atoms with Crippen LogP contribution in [-0.2, 0) is 0 Å². The van der Waals surface area contributed by atoms with E-state index in [4.69, 9.17) is 25.9 Å². The predicted molar refractivity (Wildman–Crippen MR) is 223 cm³/mol. The van der Waals surface area contributed by atoms with Crippen LogP contribution in [0, 0.1) is 6.57 Å². The molecule has 2 heterocycles. The van der Waals surface area contributed by atoms with Gasteiger partial charge in [0.2, 0.25) is 0 Å². The van der Waals surface area contributed by atoms with E-state index in [1.807, 2.05) is 84.9 Å². The Morgan fingerprint density at radius 3 is 1.75 bits per heavy atom. The van der Waals surface area contributed by atoms with E-state index in [0.29, 0.717) is 23.2 Å². The van der Waals surface area contributed by atoms with Crippen LogP contribution < -0.4 is 0 Å². The van der Waals surface area contributed by atoms with Gasteiger partial charge in [0.05, 0.1) is 6.57 Å². The molecule has 256 valence electrons. The van der Waals surface area contributed by atoms with Gasteiger partial charge in [0, 0.05) is 27.5 Å². The van der Waals surface area contributed by atoms with E-state index in [1.165, 1.54) is 11.1 Å². The SMILES string of the molecule is [C-]#[N+]c1ccccc1-c1cccc(-c2nc(-c3ccc4ccccc4c3)nc(-c3ccc4c(c3)oc3cccc(-c5ccc(-c6ccccc6)cc5)c34)n2)c1. The first-order valence-corrected chi connectivity index (χ1v) is 18.1. The molecule has 5 heteroatoms. The van der Waals surface area contributed by atoms with Crippen molar-refractivity contribution in [2.24, 2.45) is 0 Å². The van der Waals surface area contributed by atoms with Gasteiger partial charge in [0.25, 0.3) is 0 Å². The monoisotopic (exact) mass is 702 g/mol. The summed E-state index contributed by atoms with van der Waals surface area (Å²) in [7, 11) is 0. The average molecular weight is 703 g/mol. The smallest absolute Gasteiger partial charge is 0.194 e. The molecule has 0 radical (unpaired) electrons. The van der Waals surface area contributed by atoms with Gasteiger partial charge >= 0.3 is 0 Å². The fourth-order valence-electron chi connectivity index (χ4n) is 7.41. The van der Waals surface area contributed by atoms with Gasteiger partial charge in [0.1, 0.15) is 11.2 Å². The Hall–Kier alpha value is -7.68. The van der Waals surface area contributed by atoms with Crippen molar-refractivity contribution in [1.82, 2.24) is 15.0 Å². The lowest BCUT2D eigenvalue weighted by Gasteiger charge is -2.11. The molecule has 0 aliphatic rings. The van der Waals surface area contributed by atoms with Gasteiger partial charge < -0.3 is 4.42 Å². The third kappa shape index (κ3) is 5.89. The Morgan fingerprint density at radius 1 is 0.382 bits per heavy atom. The number of nitrogens with zero attached hydrogens (tertiary/aromatic N) is 4. The summed E-state index contributed by atoms with van der Waals surface area (Å²) < 4.78 is 6.54. The number of aromatic nitrogens is 3. The first kappa shape index (κ1) is 32.0. The number of para-hydroxylation sites is 1. The summed E-state index contributed by atoms with van der Waals surface area (Å²) in [6, 6.07) is 61.8. The summed E-state index contributed by atoms with van der Waals surface area (Å²) in [5.41, 5.74) is 11.1. The molecule has 0 atom stereocenters. The zero-order valence-electron chi connectivity index (χ0n) is 29.5. The number of fused-ring (bicyclic) bond motifs is 4. The first-order valence-electron chi connectivity index (χ1n) is 18.1. The molecule has 0 aliphatic carbocycles. The van der Waals surface area contributed by atoms with E-state index in [-0.39, 0.29) is 0 Å². The van der Waals surface area contributed by atoms with Crippen LogP contribution in [0.25, 0.3) is 105 Å². The average Bonchev–Trinajstić information content (AvgIpc) is 3.65. The lowest BCUT2D eigenvalue weighted by Crippen LogP contribution is -2.00. The molecule has 0 spiro atoms. The van der Waals surface area contributed by atoms with Crippen LogP contribution in [0.5, 0.6) is 0 Å². The van der Waals surface area contributed by atoms with Crippen molar-refractivity contribution in [2.45, 2.75) is 0 Å². The van der Waals surface area contributed by atoms with Crippen molar-refractivity contribution >= 4 is 38.4 Å². The molecule has 10 rings (SSSR count).